The van der Waals surface area contributed by atoms with Crippen LogP contribution in [-0.4, -0.2) is 15.7 Å². The van der Waals surface area contributed by atoms with E-state index < -0.39 is 11.5 Å². The molecule has 0 saturated heterocycles. The number of nitrogens with zero attached hydrogens (tertiary/aromatic N) is 2. The van der Waals surface area contributed by atoms with Gasteiger partial charge in [0.2, 0.25) is 0 Å². The summed E-state index contributed by atoms with van der Waals surface area (Å²) in [6.07, 6.45) is 0.0842. The molecule has 20 heavy (non-hydrogen) atoms. The highest BCUT2D eigenvalue weighted by atomic mass is 19.3. The van der Waals surface area contributed by atoms with Crippen molar-refractivity contribution in [3.8, 4) is 5.69 Å². The van der Waals surface area contributed by atoms with Crippen molar-refractivity contribution in [2.24, 2.45) is 5.41 Å². The van der Waals surface area contributed by atoms with Gasteiger partial charge in [0.1, 0.15) is 0 Å². The van der Waals surface area contributed by atoms with Crippen molar-refractivity contribution in [1.29, 1.82) is 0 Å². The third-order valence-electron chi connectivity index (χ3n) is 2.96. The summed E-state index contributed by atoms with van der Waals surface area (Å²) >= 11 is 0. The van der Waals surface area contributed by atoms with Crippen LogP contribution >= 0.6 is 0 Å². The Balaban J connectivity index is 2.04. The lowest BCUT2D eigenvalue weighted by molar-refractivity contribution is -0.301. The van der Waals surface area contributed by atoms with Gasteiger partial charge in [-0.1, -0.05) is 39.0 Å². The molecule has 108 valence electrons. The van der Waals surface area contributed by atoms with Gasteiger partial charge in [-0.2, -0.15) is 8.78 Å². The Morgan fingerprint density at radius 2 is 1.80 bits per heavy atom. The summed E-state index contributed by atoms with van der Waals surface area (Å²) in [4.78, 5) is 4.08. The average molecular weight is 280 g/mol. The topological polar surface area (TPSA) is 27.1 Å². The quantitative estimate of drug-likeness (QED) is 0.845. The molecule has 0 fully saturated rings. The normalized spacial score (nSPS) is 12.7. The third kappa shape index (κ3) is 3.22. The fourth-order valence-electron chi connectivity index (χ4n) is 1.56. The summed E-state index contributed by atoms with van der Waals surface area (Å²) in [5.74, 6) is 0. The molecule has 0 spiro atoms. The molecule has 0 N–H and O–H groups in total. The van der Waals surface area contributed by atoms with E-state index >= 15 is 0 Å². The minimum Gasteiger partial charge on any atom is -0.314 e. The standard InChI is InChI=1S/C15H18F2N2O/c1-14(2,3)15(16,17)20-10-12-9-19(11-18-12)13-7-5-4-6-8-13/h4-9,11H,10H2,1-3H3. The van der Waals surface area contributed by atoms with Gasteiger partial charge in [0.05, 0.1) is 24.0 Å². The Morgan fingerprint density at radius 1 is 1.15 bits per heavy atom. The predicted molar refractivity (Wildman–Crippen MR) is 72.8 cm³/mol. The lowest BCUT2D eigenvalue weighted by atomic mass is 9.95. The van der Waals surface area contributed by atoms with Crippen LogP contribution in [0.5, 0.6) is 0 Å². The number of hydrogen-bond acceptors (Lipinski definition) is 2. The third-order valence-corrected chi connectivity index (χ3v) is 2.96. The number of imidazole rings is 1. The number of halogens is 2. The second-order valence-corrected chi connectivity index (χ2v) is 5.66. The van der Waals surface area contributed by atoms with Crippen LogP contribution < -0.4 is 0 Å². The monoisotopic (exact) mass is 280 g/mol. The van der Waals surface area contributed by atoms with E-state index in [0.29, 0.717) is 5.69 Å². The van der Waals surface area contributed by atoms with Crippen LogP contribution in [-0.2, 0) is 11.3 Å². The SMILES string of the molecule is CC(C)(C)C(F)(F)OCc1cn(-c2ccccc2)cn1. The fourth-order valence-corrected chi connectivity index (χ4v) is 1.56. The van der Waals surface area contributed by atoms with E-state index in [1.54, 1.807) is 17.1 Å². The maximum Gasteiger partial charge on any atom is 0.360 e. The van der Waals surface area contributed by atoms with Crippen LogP contribution in [0.1, 0.15) is 26.5 Å². The van der Waals surface area contributed by atoms with Crippen LogP contribution in [0.2, 0.25) is 0 Å². The first-order valence-corrected chi connectivity index (χ1v) is 6.40. The summed E-state index contributed by atoms with van der Waals surface area (Å²) < 4.78 is 33.9. The van der Waals surface area contributed by atoms with Crippen molar-refractivity contribution in [1.82, 2.24) is 9.55 Å². The van der Waals surface area contributed by atoms with E-state index in [2.05, 4.69) is 4.98 Å². The van der Waals surface area contributed by atoms with E-state index in [-0.39, 0.29) is 6.61 Å². The summed E-state index contributed by atoms with van der Waals surface area (Å²) in [6.45, 7) is 4.10. The van der Waals surface area contributed by atoms with Gasteiger partial charge < -0.3 is 9.30 Å². The number of aromatic nitrogens is 2. The highest BCUT2D eigenvalue weighted by Gasteiger charge is 2.44. The molecule has 3 nitrogen and oxygen atoms in total. The fraction of sp³-hybridized carbons (Fsp3) is 0.400. The van der Waals surface area contributed by atoms with Gasteiger partial charge in [-0.3, -0.25) is 0 Å². The van der Waals surface area contributed by atoms with Crippen molar-refractivity contribution in [2.45, 2.75) is 33.5 Å². The van der Waals surface area contributed by atoms with E-state index in [9.17, 15) is 8.78 Å². The zero-order valence-corrected chi connectivity index (χ0v) is 11.8. The summed E-state index contributed by atoms with van der Waals surface area (Å²) in [5.41, 5.74) is 0.154. The Kier molecular flexibility index (Phi) is 3.90. The van der Waals surface area contributed by atoms with Gasteiger partial charge in [0, 0.05) is 11.9 Å². The van der Waals surface area contributed by atoms with E-state index in [1.807, 2.05) is 30.3 Å². The number of ether oxygens (including phenoxy) is 1. The van der Waals surface area contributed by atoms with Gasteiger partial charge in [0.25, 0.3) is 0 Å². The van der Waals surface area contributed by atoms with E-state index in [0.717, 1.165) is 5.69 Å². The van der Waals surface area contributed by atoms with Gasteiger partial charge in [-0.15, -0.1) is 0 Å². The zero-order valence-electron chi connectivity index (χ0n) is 11.8. The van der Waals surface area contributed by atoms with Crippen molar-refractivity contribution < 1.29 is 13.5 Å². The first kappa shape index (κ1) is 14.7. The van der Waals surface area contributed by atoms with E-state index in [4.69, 9.17) is 4.74 Å². The van der Waals surface area contributed by atoms with Crippen LogP contribution in [0.25, 0.3) is 5.69 Å². The van der Waals surface area contributed by atoms with E-state index in [1.165, 1.54) is 20.8 Å². The number of benzene rings is 1. The van der Waals surface area contributed by atoms with Crippen molar-refractivity contribution in [2.75, 3.05) is 0 Å². The highest BCUT2D eigenvalue weighted by Crippen LogP contribution is 2.37. The predicted octanol–water partition coefficient (Wildman–Crippen LogP) is 4.03. The Bertz CT molecular complexity index is 559. The number of rotatable bonds is 4. The molecule has 5 heteroatoms. The molecule has 1 heterocycles. The molecule has 2 rings (SSSR count). The maximum atomic E-state index is 13.7. The smallest absolute Gasteiger partial charge is 0.314 e. The maximum absolute atomic E-state index is 13.7. The van der Waals surface area contributed by atoms with Crippen molar-refractivity contribution in [3.05, 3.63) is 48.5 Å². The molecule has 0 radical (unpaired) electrons. The first-order chi connectivity index (χ1) is 9.29. The molecule has 0 bridgehead atoms. The van der Waals surface area contributed by atoms with Gasteiger partial charge in [-0.25, -0.2) is 4.98 Å². The number of para-hydroxylation sites is 1. The molecule has 0 aliphatic heterocycles. The summed E-state index contributed by atoms with van der Waals surface area (Å²) in [7, 11) is 0. The first-order valence-electron chi connectivity index (χ1n) is 6.40. The average Bonchev–Trinajstić information content (AvgIpc) is 2.85. The second-order valence-electron chi connectivity index (χ2n) is 5.66. The molecule has 0 amide bonds. The van der Waals surface area contributed by atoms with Gasteiger partial charge in [-0.05, 0) is 12.1 Å². The van der Waals surface area contributed by atoms with Crippen LogP contribution in [0.4, 0.5) is 8.78 Å². The Labute approximate surface area is 117 Å². The molecule has 0 atom stereocenters. The van der Waals surface area contributed by atoms with Gasteiger partial charge >= 0.3 is 6.11 Å². The Hall–Kier alpha value is -1.75. The van der Waals surface area contributed by atoms with Crippen LogP contribution in [0.15, 0.2) is 42.9 Å². The molecular weight excluding hydrogens is 262 g/mol. The summed E-state index contributed by atoms with van der Waals surface area (Å²) in [6, 6.07) is 9.54. The minimum atomic E-state index is -3.19. The molecule has 1 aromatic heterocycles. The number of hydrogen-bond donors (Lipinski definition) is 0. The molecule has 0 unspecified atom stereocenters. The Morgan fingerprint density at radius 3 is 2.40 bits per heavy atom. The van der Waals surface area contributed by atoms with Gasteiger partial charge in [0.15, 0.2) is 0 Å². The van der Waals surface area contributed by atoms with Crippen LogP contribution in [0.3, 0.4) is 0 Å². The zero-order chi connectivity index (χ0) is 14.8. The molecular formula is C15H18F2N2O. The molecule has 0 aliphatic rings. The molecule has 1 aromatic carbocycles. The van der Waals surface area contributed by atoms with Crippen molar-refractivity contribution in [3.63, 3.8) is 0 Å². The number of alkyl halides is 2. The summed E-state index contributed by atoms with van der Waals surface area (Å²) in [5, 5.41) is 0. The van der Waals surface area contributed by atoms with Crippen molar-refractivity contribution >= 4 is 0 Å². The second kappa shape index (κ2) is 5.32. The highest BCUT2D eigenvalue weighted by molar-refractivity contribution is 5.31. The largest absolute Gasteiger partial charge is 0.360 e. The molecule has 2 aromatic rings. The lowest BCUT2D eigenvalue weighted by Crippen LogP contribution is -2.36. The van der Waals surface area contributed by atoms with Crippen LogP contribution in [0, 0.1) is 5.41 Å². The molecule has 0 saturated carbocycles. The molecule has 0 aliphatic carbocycles. The minimum absolute atomic E-state index is 0.218. The lowest BCUT2D eigenvalue weighted by Gasteiger charge is -2.29.